The van der Waals surface area contributed by atoms with Crippen molar-refractivity contribution in [3.05, 3.63) is 53.7 Å². The summed E-state index contributed by atoms with van der Waals surface area (Å²) >= 11 is 3.38. The quantitative estimate of drug-likeness (QED) is 0.801. The minimum absolute atomic E-state index is 0.0572. The van der Waals surface area contributed by atoms with Gasteiger partial charge in [-0.2, -0.15) is 0 Å². The van der Waals surface area contributed by atoms with Gasteiger partial charge in [0.25, 0.3) is 0 Å². The smallest absolute Gasteiger partial charge is 0.205 e. The van der Waals surface area contributed by atoms with E-state index in [1.54, 1.807) is 0 Å². The van der Waals surface area contributed by atoms with E-state index in [4.69, 9.17) is 4.42 Å². The predicted octanol–water partition coefficient (Wildman–Crippen LogP) is 3.65. The van der Waals surface area contributed by atoms with Crippen LogP contribution in [-0.4, -0.2) is 4.98 Å². The second kappa shape index (κ2) is 3.74. The van der Waals surface area contributed by atoms with Gasteiger partial charge in [0.15, 0.2) is 0 Å². The van der Waals surface area contributed by atoms with Crippen molar-refractivity contribution < 1.29 is 4.42 Å². The molecule has 1 aromatic carbocycles. The number of oxazole rings is 1. The van der Waals surface area contributed by atoms with Crippen LogP contribution in [0.25, 0.3) is 0 Å². The second-order valence-corrected chi connectivity index (χ2v) is 4.77. The van der Waals surface area contributed by atoms with Crippen LogP contribution in [0.5, 0.6) is 0 Å². The van der Waals surface area contributed by atoms with Gasteiger partial charge < -0.3 is 4.42 Å². The number of aromatic nitrogens is 1. The fourth-order valence-corrected chi connectivity index (χ4v) is 2.36. The molecule has 0 amide bonds. The first-order chi connectivity index (χ1) is 7.85. The number of benzene rings is 1. The van der Waals surface area contributed by atoms with Gasteiger partial charge in [0.05, 0.1) is 16.9 Å². The monoisotopic (exact) mass is 277 g/mol. The third-order valence-electron chi connectivity index (χ3n) is 3.17. The molecule has 0 N–H and O–H groups in total. The van der Waals surface area contributed by atoms with Crippen LogP contribution in [0.2, 0.25) is 0 Å². The molecule has 0 radical (unpaired) electrons. The van der Waals surface area contributed by atoms with Crippen molar-refractivity contribution in [2.75, 3.05) is 0 Å². The maximum atomic E-state index is 5.76. The third kappa shape index (κ3) is 1.50. The highest BCUT2D eigenvalue weighted by Gasteiger charge is 2.50. The van der Waals surface area contributed by atoms with Crippen molar-refractivity contribution in [2.24, 2.45) is 0 Å². The van der Waals surface area contributed by atoms with Gasteiger partial charge in [-0.3, -0.25) is 0 Å². The first-order valence-corrected chi connectivity index (χ1v) is 6.54. The molecule has 1 fully saturated rings. The molecule has 1 aromatic heterocycles. The van der Waals surface area contributed by atoms with E-state index in [9.17, 15) is 0 Å². The van der Waals surface area contributed by atoms with Crippen molar-refractivity contribution >= 4 is 15.9 Å². The molecule has 2 aromatic rings. The highest BCUT2D eigenvalue weighted by molar-refractivity contribution is 9.08. The molecular weight excluding hydrogens is 266 g/mol. The van der Waals surface area contributed by atoms with E-state index in [2.05, 4.69) is 45.2 Å². The number of rotatable bonds is 3. The Kier molecular flexibility index (Phi) is 2.36. The molecule has 16 heavy (non-hydrogen) atoms. The molecular formula is C13H12BrNO. The first kappa shape index (κ1) is 10.1. The van der Waals surface area contributed by atoms with Crippen LogP contribution >= 0.6 is 15.9 Å². The van der Waals surface area contributed by atoms with Crippen molar-refractivity contribution in [1.29, 1.82) is 0 Å². The number of hydrogen-bond donors (Lipinski definition) is 0. The molecule has 0 spiro atoms. The van der Waals surface area contributed by atoms with Crippen LogP contribution in [0.15, 0.2) is 40.9 Å². The zero-order chi connectivity index (χ0) is 11.0. The van der Waals surface area contributed by atoms with Gasteiger partial charge in [-0.05, 0) is 18.4 Å². The van der Waals surface area contributed by atoms with E-state index >= 15 is 0 Å². The fourth-order valence-electron chi connectivity index (χ4n) is 2.10. The zero-order valence-electron chi connectivity index (χ0n) is 8.82. The van der Waals surface area contributed by atoms with Gasteiger partial charge >= 0.3 is 0 Å². The largest absolute Gasteiger partial charge is 0.444 e. The Morgan fingerprint density at radius 3 is 2.56 bits per heavy atom. The van der Waals surface area contributed by atoms with E-state index in [-0.39, 0.29) is 5.41 Å². The first-order valence-electron chi connectivity index (χ1n) is 5.42. The second-order valence-electron chi connectivity index (χ2n) is 4.21. The lowest BCUT2D eigenvalue weighted by atomic mass is 9.96. The van der Waals surface area contributed by atoms with Gasteiger partial charge in [0.2, 0.25) is 5.89 Å². The van der Waals surface area contributed by atoms with Crippen LogP contribution in [0.3, 0.4) is 0 Å². The predicted molar refractivity (Wildman–Crippen MR) is 65.6 cm³/mol. The van der Waals surface area contributed by atoms with E-state index < -0.39 is 0 Å². The molecule has 82 valence electrons. The van der Waals surface area contributed by atoms with Gasteiger partial charge in [0.1, 0.15) is 5.76 Å². The molecule has 3 rings (SSSR count). The van der Waals surface area contributed by atoms with Crippen LogP contribution in [0, 0.1) is 0 Å². The van der Waals surface area contributed by atoms with Gasteiger partial charge in [0, 0.05) is 0 Å². The zero-order valence-corrected chi connectivity index (χ0v) is 10.4. The lowest BCUT2D eigenvalue weighted by molar-refractivity contribution is 0.441. The van der Waals surface area contributed by atoms with Crippen molar-refractivity contribution in [3.63, 3.8) is 0 Å². The maximum Gasteiger partial charge on any atom is 0.205 e. The van der Waals surface area contributed by atoms with E-state index in [0.717, 1.165) is 29.8 Å². The Morgan fingerprint density at radius 1 is 1.25 bits per heavy atom. The normalized spacial score (nSPS) is 17.3. The average Bonchev–Trinajstić information content (AvgIpc) is 3.02. The summed E-state index contributed by atoms with van der Waals surface area (Å²) in [6, 6.07) is 10.5. The molecule has 1 aliphatic rings. The Morgan fingerprint density at radius 2 is 2.00 bits per heavy atom. The molecule has 3 heteroatoms. The van der Waals surface area contributed by atoms with E-state index in [0.29, 0.717) is 0 Å². The summed E-state index contributed by atoms with van der Waals surface area (Å²) in [5.41, 5.74) is 1.37. The average molecular weight is 278 g/mol. The summed E-state index contributed by atoms with van der Waals surface area (Å²) in [6.45, 7) is 0. The SMILES string of the molecule is BrCc1cnc(C2(c3ccccc3)CC2)o1. The Balaban J connectivity index is 2.00. The Bertz CT molecular complexity index is 488. The van der Waals surface area contributed by atoms with E-state index in [1.807, 2.05) is 12.3 Å². The molecule has 2 nitrogen and oxygen atoms in total. The van der Waals surface area contributed by atoms with Crippen LogP contribution in [-0.2, 0) is 10.7 Å². The maximum absolute atomic E-state index is 5.76. The highest BCUT2D eigenvalue weighted by atomic mass is 79.9. The van der Waals surface area contributed by atoms with E-state index in [1.165, 1.54) is 5.56 Å². The third-order valence-corrected chi connectivity index (χ3v) is 3.72. The molecule has 0 unspecified atom stereocenters. The van der Waals surface area contributed by atoms with Crippen LogP contribution in [0.4, 0.5) is 0 Å². The minimum atomic E-state index is 0.0572. The lowest BCUT2D eigenvalue weighted by Crippen LogP contribution is -2.08. The molecule has 0 atom stereocenters. The molecule has 0 bridgehead atoms. The minimum Gasteiger partial charge on any atom is -0.444 e. The Hall–Kier alpha value is -1.09. The van der Waals surface area contributed by atoms with Crippen molar-refractivity contribution in [2.45, 2.75) is 23.6 Å². The van der Waals surface area contributed by atoms with Crippen LogP contribution < -0.4 is 0 Å². The van der Waals surface area contributed by atoms with Crippen molar-refractivity contribution in [3.8, 4) is 0 Å². The molecule has 0 saturated heterocycles. The van der Waals surface area contributed by atoms with Gasteiger partial charge in [-0.1, -0.05) is 46.3 Å². The number of alkyl halides is 1. The standard InChI is InChI=1S/C13H12BrNO/c14-8-11-9-15-12(16-11)13(6-7-13)10-4-2-1-3-5-10/h1-5,9H,6-8H2. The molecule has 1 aliphatic carbocycles. The van der Waals surface area contributed by atoms with Gasteiger partial charge in [-0.15, -0.1) is 0 Å². The number of halogens is 1. The molecule has 1 heterocycles. The molecule has 1 saturated carbocycles. The summed E-state index contributed by atoms with van der Waals surface area (Å²) in [5, 5.41) is 0.727. The topological polar surface area (TPSA) is 26.0 Å². The molecule has 0 aliphatic heterocycles. The number of hydrogen-bond acceptors (Lipinski definition) is 2. The fraction of sp³-hybridized carbons (Fsp3) is 0.308. The van der Waals surface area contributed by atoms with Crippen LogP contribution in [0.1, 0.15) is 30.1 Å². The highest BCUT2D eigenvalue weighted by Crippen LogP contribution is 2.52. The lowest BCUT2D eigenvalue weighted by Gasteiger charge is -2.10. The summed E-state index contributed by atoms with van der Waals surface area (Å²) < 4.78 is 5.76. The summed E-state index contributed by atoms with van der Waals surface area (Å²) in [7, 11) is 0. The summed E-state index contributed by atoms with van der Waals surface area (Å²) in [5.74, 6) is 1.77. The summed E-state index contributed by atoms with van der Waals surface area (Å²) in [4.78, 5) is 4.40. The van der Waals surface area contributed by atoms with Gasteiger partial charge in [-0.25, -0.2) is 4.98 Å². The van der Waals surface area contributed by atoms with Crippen molar-refractivity contribution in [1.82, 2.24) is 4.98 Å². The summed E-state index contributed by atoms with van der Waals surface area (Å²) in [6.07, 6.45) is 4.09. The Labute approximate surface area is 103 Å². The number of nitrogens with zero attached hydrogens (tertiary/aromatic N) is 1.